The Morgan fingerprint density at radius 2 is 1.80 bits per heavy atom. The fourth-order valence-corrected chi connectivity index (χ4v) is 2.87. The van der Waals surface area contributed by atoms with E-state index in [2.05, 4.69) is 10.6 Å². The van der Waals surface area contributed by atoms with Gasteiger partial charge in [0, 0.05) is 23.6 Å². The SMILES string of the molecule is CCOC(=O)CCC(=O)Nc1c(C(=O)Nc2cccc(OC)c2)oc2ccccc12. The predicted molar refractivity (Wildman–Crippen MR) is 112 cm³/mol. The number of ether oxygens (including phenoxy) is 2. The molecule has 0 unspecified atom stereocenters. The number of hydrogen-bond donors (Lipinski definition) is 2. The number of hydrogen-bond acceptors (Lipinski definition) is 6. The first-order chi connectivity index (χ1) is 14.5. The zero-order chi connectivity index (χ0) is 21.5. The number of para-hydroxylation sites is 1. The Bertz CT molecular complexity index is 1070. The molecule has 8 nitrogen and oxygen atoms in total. The van der Waals surface area contributed by atoms with Gasteiger partial charge < -0.3 is 24.5 Å². The van der Waals surface area contributed by atoms with Crippen molar-refractivity contribution < 1.29 is 28.3 Å². The maximum atomic E-state index is 12.9. The van der Waals surface area contributed by atoms with Crippen molar-refractivity contribution in [2.24, 2.45) is 0 Å². The number of carbonyl (C=O) groups is 3. The quantitative estimate of drug-likeness (QED) is 0.544. The number of methoxy groups -OCH3 is 1. The van der Waals surface area contributed by atoms with E-state index < -0.39 is 17.8 Å². The third-order valence-electron chi connectivity index (χ3n) is 4.26. The first kappa shape index (κ1) is 20.9. The van der Waals surface area contributed by atoms with Crippen molar-refractivity contribution in [1.29, 1.82) is 0 Å². The highest BCUT2D eigenvalue weighted by Crippen LogP contribution is 2.32. The Morgan fingerprint density at radius 1 is 1.00 bits per heavy atom. The second-order valence-electron chi connectivity index (χ2n) is 6.34. The van der Waals surface area contributed by atoms with Gasteiger partial charge in [0.2, 0.25) is 11.7 Å². The highest BCUT2D eigenvalue weighted by molar-refractivity contribution is 6.14. The third kappa shape index (κ3) is 4.96. The van der Waals surface area contributed by atoms with E-state index in [1.54, 1.807) is 55.5 Å². The minimum atomic E-state index is -0.528. The minimum absolute atomic E-state index is 0.0384. The lowest BCUT2D eigenvalue weighted by molar-refractivity contribution is -0.144. The van der Waals surface area contributed by atoms with Crippen molar-refractivity contribution in [3.8, 4) is 5.75 Å². The van der Waals surface area contributed by atoms with Gasteiger partial charge in [-0.15, -0.1) is 0 Å². The molecule has 3 aromatic rings. The first-order valence-electron chi connectivity index (χ1n) is 9.44. The second kappa shape index (κ2) is 9.60. The minimum Gasteiger partial charge on any atom is -0.497 e. The van der Waals surface area contributed by atoms with Gasteiger partial charge >= 0.3 is 5.97 Å². The van der Waals surface area contributed by atoms with Crippen LogP contribution in [0, 0.1) is 0 Å². The van der Waals surface area contributed by atoms with Gasteiger partial charge in [-0.1, -0.05) is 18.2 Å². The van der Waals surface area contributed by atoms with E-state index in [9.17, 15) is 14.4 Å². The largest absolute Gasteiger partial charge is 0.497 e. The molecule has 3 rings (SSSR count). The lowest BCUT2D eigenvalue weighted by Crippen LogP contribution is -2.18. The van der Waals surface area contributed by atoms with E-state index >= 15 is 0 Å². The van der Waals surface area contributed by atoms with Crippen LogP contribution in [0.5, 0.6) is 5.75 Å². The van der Waals surface area contributed by atoms with Crippen LogP contribution in [-0.4, -0.2) is 31.5 Å². The number of carbonyl (C=O) groups excluding carboxylic acids is 3. The molecule has 0 aliphatic carbocycles. The highest BCUT2D eigenvalue weighted by atomic mass is 16.5. The number of furan rings is 1. The zero-order valence-electron chi connectivity index (χ0n) is 16.7. The number of amides is 2. The average Bonchev–Trinajstić information content (AvgIpc) is 3.11. The van der Waals surface area contributed by atoms with Crippen LogP contribution >= 0.6 is 0 Å². The van der Waals surface area contributed by atoms with E-state index in [4.69, 9.17) is 13.9 Å². The smallest absolute Gasteiger partial charge is 0.306 e. The van der Waals surface area contributed by atoms with E-state index in [-0.39, 0.29) is 30.9 Å². The maximum absolute atomic E-state index is 12.9. The number of anilines is 2. The summed E-state index contributed by atoms with van der Waals surface area (Å²) in [6.07, 6.45) is -0.129. The van der Waals surface area contributed by atoms with Gasteiger partial charge in [-0.25, -0.2) is 0 Å². The Labute approximate surface area is 173 Å². The molecule has 0 fully saturated rings. The molecule has 0 atom stereocenters. The number of esters is 1. The molecule has 2 aromatic carbocycles. The average molecular weight is 410 g/mol. The highest BCUT2D eigenvalue weighted by Gasteiger charge is 2.22. The van der Waals surface area contributed by atoms with Gasteiger partial charge in [0.05, 0.1) is 20.1 Å². The van der Waals surface area contributed by atoms with Crippen LogP contribution in [0.4, 0.5) is 11.4 Å². The van der Waals surface area contributed by atoms with E-state index in [0.717, 1.165) is 0 Å². The monoisotopic (exact) mass is 410 g/mol. The van der Waals surface area contributed by atoms with Crippen molar-refractivity contribution in [2.45, 2.75) is 19.8 Å². The molecule has 0 bridgehead atoms. The molecule has 2 N–H and O–H groups in total. The molecule has 0 radical (unpaired) electrons. The Balaban J connectivity index is 1.82. The number of fused-ring (bicyclic) bond motifs is 1. The van der Waals surface area contributed by atoms with E-state index in [1.807, 2.05) is 0 Å². The number of nitrogens with one attached hydrogen (secondary N) is 2. The van der Waals surface area contributed by atoms with Crippen molar-refractivity contribution in [1.82, 2.24) is 0 Å². The lowest BCUT2D eigenvalue weighted by atomic mass is 10.2. The lowest BCUT2D eigenvalue weighted by Gasteiger charge is -2.08. The predicted octanol–water partition coefficient (Wildman–Crippen LogP) is 3.98. The van der Waals surface area contributed by atoms with Crippen LogP contribution in [0.3, 0.4) is 0 Å². The normalized spacial score (nSPS) is 10.5. The molecule has 0 spiro atoms. The summed E-state index contributed by atoms with van der Waals surface area (Å²) >= 11 is 0. The van der Waals surface area contributed by atoms with Gasteiger partial charge in [-0.05, 0) is 31.2 Å². The van der Waals surface area contributed by atoms with Crippen LogP contribution in [-0.2, 0) is 14.3 Å². The van der Waals surface area contributed by atoms with Gasteiger partial charge in [-0.2, -0.15) is 0 Å². The van der Waals surface area contributed by atoms with Gasteiger partial charge in [-0.3, -0.25) is 14.4 Å². The summed E-state index contributed by atoms with van der Waals surface area (Å²) in [6, 6.07) is 13.8. The molecule has 1 heterocycles. The van der Waals surface area contributed by atoms with Crippen LogP contribution in [0.15, 0.2) is 52.9 Å². The maximum Gasteiger partial charge on any atom is 0.306 e. The van der Waals surface area contributed by atoms with Crippen LogP contribution in [0.1, 0.15) is 30.3 Å². The first-order valence-corrected chi connectivity index (χ1v) is 9.44. The topological polar surface area (TPSA) is 107 Å². The van der Waals surface area contributed by atoms with Crippen molar-refractivity contribution in [3.05, 3.63) is 54.3 Å². The molecular weight excluding hydrogens is 388 g/mol. The summed E-state index contributed by atoms with van der Waals surface area (Å²) in [5.74, 6) is -0.862. The molecule has 156 valence electrons. The van der Waals surface area contributed by atoms with Gasteiger partial charge in [0.15, 0.2) is 0 Å². The van der Waals surface area contributed by atoms with Crippen LogP contribution in [0.25, 0.3) is 11.0 Å². The van der Waals surface area contributed by atoms with Crippen molar-refractivity contribution >= 4 is 40.1 Å². The van der Waals surface area contributed by atoms with E-state index in [0.29, 0.717) is 22.4 Å². The Kier molecular flexibility index (Phi) is 6.69. The summed E-state index contributed by atoms with van der Waals surface area (Å²) in [5.41, 5.74) is 1.22. The second-order valence-corrected chi connectivity index (χ2v) is 6.34. The molecule has 0 aliphatic heterocycles. The molecule has 1 aromatic heterocycles. The fourth-order valence-electron chi connectivity index (χ4n) is 2.87. The number of benzene rings is 2. The molecule has 2 amide bonds. The van der Waals surface area contributed by atoms with E-state index in [1.165, 1.54) is 7.11 Å². The van der Waals surface area contributed by atoms with Crippen molar-refractivity contribution in [2.75, 3.05) is 24.4 Å². The summed E-state index contributed by atoms with van der Waals surface area (Å²) in [4.78, 5) is 36.7. The summed E-state index contributed by atoms with van der Waals surface area (Å²) in [7, 11) is 1.53. The van der Waals surface area contributed by atoms with Gasteiger partial charge in [0.1, 0.15) is 17.0 Å². The third-order valence-corrected chi connectivity index (χ3v) is 4.26. The van der Waals surface area contributed by atoms with Gasteiger partial charge in [0.25, 0.3) is 5.91 Å². The van der Waals surface area contributed by atoms with Crippen LogP contribution in [0.2, 0.25) is 0 Å². The Hall–Kier alpha value is -3.81. The van der Waals surface area contributed by atoms with Crippen molar-refractivity contribution in [3.63, 3.8) is 0 Å². The number of rotatable bonds is 8. The molecule has 0 aliphatic rings. The molecule has 30 heavy (non-hydrogen) atoms. The summed E-state index contributed by atoms with van der Waals surface area (Å²) in [5, 5.41) is 6.01. The summed E-state index contributed by atoms with van der Waals surface area (Å²) < 4.78 is 15.7. The molecule has 0 saturated heterocycles. The molecular formula is C22H22N2O6. The Morgan fingerprint density at radius 3 is 2.57 bits per heavy atom. The fraction of sp³-hybridized carbons (Fsp3) is 0.227. The standard InChI is InChI=1S/C22H22N2O6/c1-3-29-19(26)12-11-18(25)24-20-16-9-4-5-10-17(16)30-21(20)22(27)23-14-7-6-8-15(13-14)28-2/h4-10,13H,3,11-12H2,1-2H3,(H,23,27)(H,24,25). The van der Waals surface area contributed by atoms with Crippen LogP contribution < -0.4 is 15.4 Å². The molecule has 8 heteroatoms. The molecule has 0 saturated carbocycles. The summed E-state index contributed by atoms with van der Waals surface area (Å²) in [6.45, 7) is 1.95. The zero-order valence-corrected chi connectivity index (χ0v) is 16.7.